The van der Waals surface area contributed by atoms with Crippen molar-refractivity contribution in [1.82, 2.24) is 5.32 Å². The van der Waals surface area contributed by atoms with E-state index in [1.54, 1.807) is 0 Å². The molecule has 0 unspecified atom stereocenters. The Morgan fingerprint density at radius 2 is 1.04 bits per heavy atom. The molecular formula is C23H33N. The van der Waals surface area contributed by atoms with Gasteiger partial charge in [0.15, 0.2) is 0 Å². The van der Waals surface area contributed by atoms with Gasteiger partial charge in [0.1, 0.15) is 0 Å². The minimum absolute atomic E-state index is 0.227. The third-order valence-electron chi connectivity index (χ3n) is 4.56. The van der Waals surface area contributed by atoms with E-state index in [4.69, 9.17) is 0 Å². The molecule has 0 aromatic heterocycles. The van der Waals surface area contributed by atoms with E-state index in [0.29, 0.717) is 0 Å². The molecule has 1 N–H and O–H groups in total. The molecule has 0 fully saturated rings. The number of hydrogen-bond donors (Lipinski definition) is 1. The summed E-state index contributed by atoms with van der Waals surface area (Å²) in [7, 11) is 0. The van der Waals surface area contributed by atoms with Crippen molar-refractivity contribution >= 4 is 0 Å². The summed E-state index contributed by atoms with van der Waals surface area (Å²) in [6, 6.07) is 18.0. The summed E-state index contributed by atoms with van der Waals surface area (Å²) < 4.78 is 0. The van der Waals surface area contributed by atoms with E-state index < -0.39 is 0 Å². The van der Waals surface area contributed by atoms with Crippen LogP contribution in [0.1, 0.15) is 63.8 Å². The molecule has 1 nitrogen and oxygen atoms in total. The first-order valence-corrected chi connectivity index (χ1v) is 9.06. The molecule has 0 aliphatic rings. The van der Waals surface area contributed by atoms with Gasteiger partial charge in [-0.2, -0.15) is 0 Å². The fourth-order valence-corrected chi connectivity index (χ4v) is 2.76. The third-order valence-corrected chi connectivity index (χ3v) is 4.56. The van der Waals surface area contributed by atoms with Crippen LogP contribution in [-0.4, -0.2) is 6.54 Å². The Kier molecular flexibility index (Phi) is 5.87. The first-order valence-electron chi connectivity index (χ1n) is 9.06. The van der Waals surface area contributed by atoms with Gasteiger partial charge in [0.2, 0.25) is 0 Å². The smallest absolute Gasteiger partial charge is 0.0205 e. The summed E-state index contributed by atoms with van der Waals surface area (Å²) in [5.74, 6) is 0. The molecule has 0 radical (unpaired) electrons. The van der Waals surface area contributed by atoms with Crippen LogP contribution in [0.4, 0.5) is 0 Å². The Bertz CT molecular complexity index is 562. The van der Waals surface area contributed by atoms with Gasteiger partial charge in [0.05, 0.1) is 0 Å². The van der Waals surface area contributed by atoms with Crippen LogP contribution in [0.25, 0.3) is 0 Å². The van der Waals surface area contributed by atoms with Crippen LogP contribution in [0.3, 0.4) is 0 Å². The van der Waals surface area contributed by atoms with Crippen LogP contribution in [-0.2, 0) is 23.8 Å². The van der Waals surface area contributed by atoms with Crippen LogP contribution >= 0.6 is 0 Å². The van der Waals surface area contributed by atoms with Crippen molar-refractivity contribution in [3.8, 4) is 0 Å². The zero-order valence-corrected chi connectivity index (χ0v) is 16.2. The predicted octanol–water partition coefficient (Wildman–Crippen LogP) is 5.61. The molecule has 1 heteroatoms. The molecule has 2 rings (SSSR count). The van der Waals surface area contributed by atoms with Gasteiger partial charge in [0.25, 0.3) is 0 Å². The zero-order chi connectivity index (χ0) is 17.8. The Morgan fingerprint density at radius 1 is 0.625 bits per heavy atom. The third kappa shape index (κ3) is 5.49. The van der Waals surface area contributed by atoms with Crippen LogP contribution in [0.15, 0.2) is 48.5 Å². The van der Waals surface area contributed by atoms with Gasteiger partial charge in [0, 0.05) is 6.54 Å². The SMILES string of the molecule is CC(C)(C)c1ccc(CCNCc2ccc(C(C)(C)C)cc2)cc1. The second kappa shape index (κ2) is 7.53. The van der Waals surface area contributed by atoms with Crippen molar-refractivity contribution in [1.29, 1.82) is 0 Å². The molecule has 0 aliphatic heterocycles. The van der Waals surface area contributed by atoms with E-state index in [-0.39, 0.29) is 10.8 Å². The van der Waals surface area contributed by atoms with Gasteiger partial charge in [-0.15, -0.1) is 0 Å². The minimum atomic E-state index is 0.227. The molecule has 2 aromatic rings. The molecular weight excluding hydrogens is 290 g/mol. The van der Waals surface area contributed by atoms with Crippen molar-refractivity contribution < 1.29 is 0 Å². The van der Waals surface area contributed by atoms with Crippen LogP contribution in [0, 0.1) is 0 Å². The molecule has 0 bridgehead atoms. The maximum Gasteiger partial charge on any atom is 0.0205 e. The Labute approximate surface area is 148 Å². The van der Waals surface area contributed by atoms with Gasteiger partial charge in [-0.05, 0) is 46.0 Å². The van der Waals surface area contributed by atoms with Crippen molar-refractivity contribution in [2.45, 2.75) is 65.3 Å². The summed E-state index contributed by atoms with van der Waals surface area (Å²) in [5, 5.41) is 3.55. The summed E-state index contributed by atoms with van der Waals surface area (Å²) in [6.45, 7) is 15.5. The predicted molar refractivity (Wildman–Crippen MR) is 106 cm³/mol. The normalized spacial score (nSPS) is 12.4. The van der Waals surface area contributed by atoms with Crippen molar-refractivity contribution in [3.05, 3.63) is 70.8 Å². The number of rotatable bonds is 5. The van der Waals surface area contributed by atoms with Crippen LogP contribution in [0.2, 0.25) is 0 Å². The van der Waals surface area contributed by atoms with E-state index in [0.717, 1.165) is 19.5 Å². The lowest BCUT2D eigenvalue weighted by atomic mass is 9.86. The maximum atomic E-state index is 3.55. The molecule has 0 saturated carbocycles. The van der Waals surface area contributed by atoms with Gasteiger partial charge in [-0.25, -0.2) is 0 Å². The topological polar surface area (TPSA) is 12.0 Å². The fourth-order valence-electron chi connectivity index (χ4n) is 2.76. The summed E-state index contributed by atoms with van der Waals surface area (Å²) in [4.78, 5) is 0. The standard InChI is InChI=1S/C23H33N/c1-22(2,3)20-11-7-18(8-12-20)15-16-24-17-19-9-13-21(14-10-19)23(4,5)6/h7-14,24H,15-17H2,1-6H3. The van der Waals surface area contributed by atoms with E-state index in [9.17, 15) is 0 Å². The molecule has 130 valence electrons. The number of benzene rings is 2. The highest BCUT2D eigenvalue weighted by molar-refractivity contribution is 5.28. The Hall–Kier alpha value is -1.60. The highest BCUT2D eigenvalue weighted by Crippen LogP contribution is 2.23. The molecule has 0 atom stereocenters. The molecule has 0 heterocycles. The van der Waals surface area contributed by atoms with Crippen molar-refractivity contribution in [2.24, 2.45) is 0 Å². The Morgan fingerprint density at radius 3 is 1.46 bits per heavy atom. The number of hydrogen-bond acceptors (Lipinski definition) is 1. The molecule has 0 saturated heterocycles. The average molecular weight is 324 g/mol. The van der Waals surface area contributed by atoms with E-state index in [1.807, 2.05) is 0 Å². The number of nitrogens with one attached hydrogen (secondary N) is 1. The lowest BCUT2D eigenvalue weighted by molar-refractivity contribution is 0.589. The maximum absolute atomic E-state index is 3.55. The lowest BCUT2D eigenvalue weighted by Crippen LogP contribution is -2.17. The summed E-state index contributed by atoms with van der Waals surface area (Å²) in [5.41, 5.74) is 6.01. The molecule has 2 aromatic carbocycles. The van der Waals surface area contributed by atoms with Crippen molar-refractivity contribution in [3.63, 3.8) is 0 Å². The quantitative estimate of drug-likeness (QED) is 0.705. The molecule has 0 aliphatic carbocycles. The Balaban J connectivity index is 1.79. The van der Waals surface area contributed by atoms with Gasteiger partial charge in [-0.1, -0.05) is 90.1 Å². The first kappa shape index (κ1) is 18.7. The molecule has 0 amide bonds. The largest absolute Gasteiger partial charge is 0.312 e. The average Bonchev–Trinajstić information content (AvgIpc) is 2.51. The molecule has 0 spiro atoms. The van der Waals surface area contributed by atoms with Gasteiger partial charge >= 0.3 is 0 Å². The highest BCUT2D eigenvalue weighted by Gasteiger charge is 2.13. The van der Waals surface area contributed by atoms with E-state index in [1.165, 1.54) is 22.3 Å². The second-order valence-electron chi connectivity index (χ2n) is 8.82. The second-order valence-corrected chi connectivity index (χ2v) is 8.82. The fraction of sp³-hybridized carbons (Fsp3) is 0.478. The summed E-state index contributed by atoms with van der Waals surface area (Å²) in [6.07, 6.45) is 1.07. The monoisotopic (exact) mass is 323 g/mol. The van der Waals surface area contributed by atoms with E-state index >= 15 is 0 Å². The van der Waals surface area contributed by atoms with Gasteiger partial charge in [-0.3, -0.25) is 0 Å². The lowest BCUT2D eigenvalue weighted by Gasteiger charge is -2.19. The van der Waals surface area contributed by atoms with E-state index in [2.05, 4.69) is 95.4 Å². The first-order chi connectivity index (χ1) is 11.2. The molecule has 24 heavy (non-hydrogen) atoms. The minimum Gasteiger partial charge on any atom is -0.312 e. The van der Waals surface area contributed by atoms with Crippen LogP contribution in [0.5, 0.6) is 0 Å². The van der Waals surface area contributed by atoms with Crippen LogP contribution < -0.4 is 5.32 Å². The van der Waals surface area contributed by atoms with Crippen molar-refractivity contribution in [2.75, 3.05) is 6.54 Å². The van der Waals surface area contributed by atoms with Gasteiger partial charge < -0.3 is 5.32 Å². The summed E-state index contributed by atoms with van der Waals surface area (Å²) >= 11 is 0. The zero-order valence-electron chi connectivity index (χ0n) is 16.2. The highest BCUT2D eigenvalue weighted by atomic mass is 14.8.